The van der Waals surface area contributed by atoms with Crippen molar-refractivity contribution < 1.29 is 23.8 Å². The molecule has 0 saturated carbocycles. The molecule has 3 heterocycles. The Hall–Kier alpha value is -2.98. The topological polar surface area (TPSA) is 92.7 Å². The van der Waals surface area contributed by atoms with E-state index in [4.69, 9.17) is 14.2 Å². The second-order valence-electron chi connectivity index (χ2n) is 8.57. The van der Waals surface area contributed by atoms with Crippen LogP contribution in [-0.2, 0) is 14.3 Å². The first-order valence-electron chi connectivity index (χ1n) is 11.7. The molecule has 3 aliphatic heterocycles. The molecule has 1 aromatic rings. The van der Waals surface area contributed by atoms with E-state index in [9.17, 15) is 9.59 Å². The molecular weight excluding hydrogens is 468 g/mol. The van der Waals surface area contributed by atoms with E-state index in [1.54, 1.807) is 27.2 Å². The summed E-state index contributed by atoms with van der Waals surface area (Å²) in [7, 11) is 4.52. The molecule has 3 aliphatic rings. The number of hydrogen-bond donors (Lipinski definition) is 1. The van der Waals surface area contributed by atoms with Gasteiger partial charge in [-0.2, -0.15) is 0 Å². The molecule has 0 aromatic heterocycles. The number of likely N-dealkylation sites (tertiary alicyclic amines) is 1. The van der Waals surface area contributed by atoms with Gasteiger partial charge in [-0.25, -0.2) is 9.79 Å². The normalized spacial score (nSPS) is 19.8. The second-order valence-corrected chi connectivity index (χ2v) is 9.40. The Morgan fingerprint density at radius 2 is 1.94 bits per heavy atom. The monoisotopic (exact) mass is 500 g/mol. The van der Waals surface area contributed by atoms with Crippen molar-refractivity contribution in [3.05, 3.63) is 46.1 Å². The van der Waals surface area contributed by atoms with Crippen LogP contribution in [-0.4, -0.2) is 74.4 Å². The van der Waals surface area contributed by atoms with Crippen LogP contribution < -0.4 is 14.8 Å². The quantitative estimate of drug-likeness (QED) is 0.518. The summed E-state index contributed by atoms with van der Waals surface area (Å²) in [4.78, 5) is 34.7. The Kier molecular flexibility index (Phi) is 8.02. The number of aliphatic imine (C=N–C) groups is 1. The van der Waals surface area contributed by atoms with E-state index < -0.39 is 12.0 Å². The van der Waals surface area contributed by atoms with Gasteiger partial charge in [0.05, 0.1) is 45.1 Å². The second kappa shape index (κ2) is 11.2. The summed E-state index contributed by atoms with van der Waals surface area (Å²) in [6.07, 6.45) is 2.62. The molecule has 1 atom stereocenters. The van der Waals surface area contributed by atoms with Crippen LogP contribution >= 0.6 is 11.8 Å². The molecule has 4 rings (SSSR count). The van der Waals surface area contributed by atoms with Crippen LogP contribution in [0.5, 0.6) is 11.5 Å². The number of amides is 1. The van der Waals surface area contributed by atoms with E-state index in [0.717, 1.165) is 30.9 Å². The van der Waals surface area contributed by atoms with Crippen LogP contribution in [0.25, 0.3) is 0 Å². The van der Waals surface area contributed by atoms with Gasteiger partial charge in [0, 0.05) is 30.4 Å². The lowest BCUT2D eigenvalue weighted by Gasteiger charge is -2.36. The van der Waals surface area contributed by atoms with Gasteiger partial charge in [-0.3, -0.25) is 4.79 Å². The summed E-state index contributed by atoms with van der Waals surface area (Å²) in [6.45, 7) is 5.46. The first kappa shape index (κ1) is 25.1. The Bertz CT molecular complexity index is 1080. The number of methoxy groups -OCH3 is 3. The van der Waals surface area contributed by atoms with Crippen molar-refractivity contribution >= 4 is 28.8 Å². The van der Waals surface area contributed by atoms with Gasteiger partial charge in [0.25, 0.3) is 0 Å². The van der Waals surface area contributed by atoms with Crippen LogP contribution in [0.2, 0.25) is 0 Å². The number of carbonyl (C=O) groups excluding carboxylic acids is 2. The molecule has 0 bridgehead atoms. The minimum Gasteiger partial charge on any atom is -0.497 e. The summed E-state index contributed by atoms with van der Waals surface area (Å²) in [6, 6.07) is 4.92. The van der Waals surface area contributed by atoms with E-state index in [2.05, 4.69) is 15.2 Å². The van der Waals surface area contributed by atoms with Crippen molar-refractivity contribution in [1.82, 2.24) is 15.1 Å². The molecule has 1 N–H and O–H groups in total. The number of thioether (sulfide) groups is 1. The molecular formula is C25H32N4O5S. The summed E-state index contributed by atoms with van der Waals surface area (Å²) >= 11 is 1.44. The number of ether oxygens (including phenoxy) is 3. The average Bonchev–Trinajstić information content (AvgIpc) is 3.52. The van der Waals surface area contributed by atoms with Crippen molar-refractivity contribution in [3.8, 4) is 11.5 Å². The predicted octanol–water partition coefficient (Wildman–Crippen LogP) is 3.05. The summed E-state index contributed by atoms with van der Waals surface area (Å²) < 4.78 is 16.2. The maximum absolute atomic E-state index is 12.9. The van der Waals surface area contributed by atoms with Crippen molar-refractivity contribution in [1.29, 1.82) is 0 Å². The molecule has 0 radical (unpaired) electrons. The highest BCUT2D eigenvalue weighted by molar-refractivity contribution is 8.16. The lowest BCUT2D eigenvalue weighted by Crippen LogP contribution is -2.39. The lowest BCUT2D eigenvalue weighted by molar-refractivity contribution is -0.136. The van der Waals surface area contributed by atoms with Gasteiger partial charge in [0.1, 0.15) is 11.5 Å². The zero-order chi connectivity index (χ0) is 24.9. The first-order valence-corrected chi connectivity index (χ1v) is 12.6. The molecule has 10 heteroatoms. The summed E-state index contributed by atoms with van der Waals surface area (Å²) in [5, 5.41) is 5.67. The standard InChI is InChI=1S/C25H32N4O5S/c1-16-22(24(31)34-4)23(19-8-7-18(32-2)14-20(19)33-3)29-17(15-35-25(29)27-16)13-21(30)26-9-12-28-10-5-6-11-28/h7-8,14-15,23H,5-6,9-13H2,1-4H3,(H,26,30)/t23-/m0/s1. The summed E-state index contributed by atoms with van der Waals surface area (Å²) in [5.74, 6) is 0.666. The van der Waals surface area contributed by atoms with Gasteiger partial charge in [-0.15, -0.1) is 0 Å². The molecule has 1 saturated heterocycles. The van der Waals surface area contributed by atoms with Gasteiger partial charge in [0.2, 0.25) is 5.91 Å². The number of benzene rings is 1. The highest BCUT2D eigenvalue weighted by atomic mass is 32.2. The fourth-order valence-corrected chi connectivity index (χ4v) is 5.63. The molecule has 1 fully saturated rings. The number of nitrogens with one attached hydrogen (secondary N) is 1. The maximum Gasteiger partial charge on any atom is 0.338 e. The van der Waals surface area contributed by atoms with Crippen LogP contribution in [0.1, 0.15) is 37.8 Å². The third-order valence-electron chi connectivity index (χ3n) is 6.43. The van der Waals surface area contributed by atoms with Crippen molar-refractivity contribution in [3.63, 3.8) is 0 Å². The summed E-state index contributed by atoms with van der Waals surface area (Å²) in [5.41, 5.74) is 2.50. The number of rotatable bonds is 9. The number of hydrogen-bond acceptors (Lipinski definition) is 9. The van der Waals surface area contributed by atoms with Gasteiger partial charge in [-0.05, 0) is 50.4 Å². The molecule has 0 unspecified atom stereocenters. The third kappa shape index (κ3) is 5.33. The number of fused-ring (bicyclic) bond motifs is 1. The number of amidine groups is 1. The smallest absolute Gasteiger partial charge is 0.338 e. The zero-order valence-electron chi connectivity index (χ0n) is 20.6. The minimum atomic E-state index is -0.561. The van der Waals surface area contributed by atoms with E-state index in [-0.39, 0.29) is 12.3 Å². The molecule has 0 aliphatic carbocycles. The van der Waals surface area contributed by atoms with Gasteiger partial charge in [0.15, 0.2) is 5.17 Å². The zero-order valence-corrected chi connectivity index (χ0v) is 21.4. The van der Waals surface area contributed by atoms with Crippen LogP contribution in [0, 0.1) is 0 Å². The fraction of sp³-hybridized carbons (Fsp3) is 0.480. The lowest BCUT2D eigenvalue weighted by atomic mass is 9.93. The van der Waals surface area contributed by atoms with Crippen LogP contribution in [0.3, 0.4) is 0 Å². The molecule has 188 valence electrons. The highest BCUT2D eigenvalue weighted by Gasteiger charge is 2.42. The fourth-order valence-electron chi connectivity index (χ4n) is 4.67. The predicted molar refractivity (Wildman–Crippen MR) is 135 cm³/mol. The van der Waals surface area contributed by atoms with Crippen molar-refractivity contribution in [2.45, 2.75) is 32.2 Å². The highest BCUT2D eigenvalue weighted by Crippen LogP contribution is 2.47. The number of allylic oxidation sites excluding steroid dienone is 1. The maximum atomic E-state index is 12.9. The van der Waals surface area contributed by atoms with Crippen molar-refractivity contribution in [2.24, 2.45) is 4.99 Å². The van der Waals surface area contributed by atoms with E-state index in [0.29, 0.717) is 34.5 Å². The van der Waals surface area contributed by atoms with Gasteiger partial charge in [-0.1, -0.05) is 11.8 Å². The van der Waals surface area contributed by atoms with Crippen LogP contribution in [0.15, 0.2) is 45.6 Å². The number of carbonyl (C=O) groups is 2. The van der Waals surface area contributed by atoms with E-state index >= 15 is 0 Å². The molecule has 35 heavy (non-hydrogen) atoms. The number of esters is 1. The molecule has 9 nitrogen and oxygen atoms in total. The molecule has 0 spiro atoms. The SMILES string of the molecule is COC(=O)C1=C(C)N=C2SC=C(CC(=O)NCCN3CCCC3)N2[C@H]1c1ccc(OC)cc1OC. The Balaban J connectivity index is 1.60. The van der Waals surface area contributed by atoms with E-state index in [1.807, 2.05) is 22.4 Å². The molecule has 1 amide bonds. The van der Waals surface area contributed by atoms with Crippen molar-refractivity contribution in [2.75, 3.05) is 47.5 Å². The molecule has 1 aromatic carbocycles. The van der Waals surface area contributed by atoms with Gasteiger partial charge < -0.3 is 29.3 Å². The minimum absolute atomic E-state index is 0.0661. The number of nitrogens with zero attached hydrogens (tertiary/aromatic N) is 3. The van der Waals surface area contributed by atoms with Gasteiger partial charge >= 0.3 is 5.97 Å². The largest absolute Gasteiger partial charge is 0.497 e. The van der Waals surface area contributed by atoms with E-state index in [1.165, 1.54) is 31.7 Å². The Labute approximate surface area is 210 Å². The van der Waals surface area contributed by atoms with Crippen LogP contribution in [0.4, 0.5) is 0 Å². The average molecular weight is 501 g/mol. The first-order chi connectivity index (χ1) is 17.0. The Morgan fingerprint density at radius 1 is 1.17 bits per heavy atom. The Morgan fingerprint density at radius 3 is 2.63 bits per heavy atom. The third-order valence-corrected chi connectivity index (χ3v) is 7.32.